The molecule has 15 heavy (non-hydrogen) atoms. The van der Waals surface area contributed by atoms with Crippen molar-refractivity contribution in [1.29, 1.82) is 0 Å². The van der Waals surface area contributed by atoms with Gasteiger partial charge in [-0.1, -0.05) is 0 Å². The van der Waals surface area contributed by atoms with Gasteiger partial charge in [0.05, 0.1) is 18.2 Å². The number of hydrogen-bond acceptors (Lipinski definition) is 6. The molecule has 1 aromatic heterocycles. The predicted octanol–water partition coefficient (Wildman–Crippen LogP) is -1.33. The van der Waals surface area contributed by atoms with Gasteiger partial charge in [0.25, 0.3) is 0 Å². The Morgan fingerprint density at radius 2 is 2.67 bits per heavy atom. The molecule has 0 aromatic carbocycles. The highest BCUT2D eigenvalue weighted by Crippen LogP contribution is 2.11. The Morgan fingerprint density at radius 1 is 1.87 bits per heavy atom. The van der Waals surface area contributed by atoms with Crippen LogP contribution in [-0.2, 0) is 11.2 Å². The van der Waals surface area contributed by atoms with Crippen molar-refractivity contribution in [3.63, 3.8) is 0 Å². The van der Waals surface area contributed by atoms with E-state index in [9.17, 15) is 4.79 Å². The van der Waals surface area contributed by atoms with E-state index in [0.717, 1.165) is 0 Å². The summed E-state index contributed by atoms with van der Waals surface area (Å²) in [6.45, 7) is 0.603. The van der Waals surface area contributed by atoms with Crippen LogP contribution in [0.1, 0.15) is 5.69 Å². The minimum Gasteiger partial charge on any atom is -0.376 e. The van der Waals surface area contributed by atoms with Crippen molar-refractivity contribution in [2.75, 3.05) is 12.3 Å². The second-order valence-corrected chi connectivity index (χ2v) is 4.27. The van der Waals surface area contributed by atoms with E-state index >= 15 is 0 Å². The average Bonchev–Trinajstić information content (AvgIpc) is 2.58. The number of nitrogens with zero attached hydrogens (tertiary/aromatic N) is 1. The van der Waals surface area contributed by atoms with E-state index in [2.05, 4.69) is 15.6 Å². The second-order valence-electron chi connectivity index (χ2n) is 3.38. The smallest absolute Gasteiger partial charge is 0.226 e. The summed E-state index contributed by atoms with van der Waals surface area (Å²) in [6.07, 6.45) is -0.425. The van der Waals surface area contributed by atoms with Crippen LogP contribution < -0.4 is 16.4 Å². The van der Waals surface area contributed by atoms with E-state index in [0.29, 0.717) is 17.4 Å². The van der Waals surface area contributed by atoms with E-state index in [-0.39, 0.29) is 18.4 Å². The van der Waals surface area contributed by atoms with Crippen LogP contribution in [0.5, 0.6) is 0 Å². The van der Waals surface area contributed by atoms with Crippen LogP contribution in [0.4, 0.5) is 5.13 Å². The number of nitrogens with one attached hydrogen (secondary N) is 2. The number of hydrogen-bond donors (Lipinski definition) is 4. The molecule has 2 heterocycles. The van der Waals surface area contributed by atoms with Crippen LogP contribution in [-0.4, -0.2) is 34.8 Å². The summed E-state index contributed by atoms with van der Waals surface area (Å²) < 4.78 is 0. The first-order chi connectivity index (χ1) is 7.15. The molecule has 1 aliphatic rings. The maximum atomic E-state index is 11.4. The molecule has 1 aromatic rings. The Kier molecular flexibility index (Phi) is 2.85. The number of aliphatic hydroxyl groups excluding tert-OH is 1. The molecule has 0 radical (unpaired) electrons. The van der Waals surface area contributed by atoms with Crippen LogP contribution in [0, 0.1) is 0 Å². The van der Waals surface area contributed by atoms with Gasteiger partial charge in [-0.2, -0.15) is 0 Å². The highest BCUT2D eigenvalue weighted by molar-refractivity contribution is 7.13. The highest BCUT2D eigenvalue weighted by atomic mass is 32.1. The van der Waals surface area contributed by atoms with Gasteiger partial charge in [0, 0.05) is 11.9 Å². The fraction of sp³-hybridized carbons (Fsp3) is 0.500. The third-order valence-corrected chi connectivity index (χ3v) is 2.91. The number of aliphatic hydroxyl groups is 1. The summed E-state index contributed by atoms with van der Waals surface area (Å²) in [5, 5.41) is 16.8. The first-order valence-corrected chi connectivity index (χ1v) is 5.44. The second kappa shape index (κ2) is 4.13. The van der Waals surface area contributed by atoms with Gasteiger partial charge in [-0.15, -0.1) is 11.3 Å². The van der Waals surface area contributed by atoms with Crippen molar-refractivity contribution in [1.82, 2.24) is 15.6 Å². The summed E-state index contributed by atoms with van der Waals surface area (Å²) in [5.41, 5.74) is 6.10. The Hall–Kier alpha value is -1.18. The van der Waals surface area contributed by atoms with Crippen LogP contribution in [0.25, 0.3) is 0 Å². The number of nitrogens with two attached hydrogens (primary N) is 1. The first kappa shape index (κ1) is 10.3. The third kappa shape index (κ3) is 2.44. The highest BCUT2D eigenvalue weighted by Gasteiger charge is 2.29. The molecule has 0 saturated carbocycles. The van der Waals surface area contributed by atoms with Crippen LogP contribution in [0.2, 0.25) is 0 Å². The lowest BCUT2D eigenvalue weighted by atomic mass is 10.1. The summed E-state index contributed by atoms with van der Waals surface area (Å²) in [5.74, 6) is -0.147. The van der Waals surface area contributed by atoms with Crippen LogP contribution >= 0.6 is 11.3 Å². The van der Waals surface area contributed by atoms with E-state index in [1.165, 1.54) is 11.3 Å². The van der Waals surface area contributed by atoms with E-state index in [1.807, 2.05) is 0 Å². The first-order valence-electron chi connectivity index (χ1n) is 4.56. The number of aromatic nitrogens is 1. The Balaban J connectivity index is 1.82. The molecule has 1 aliphatic heterocycles. The molecule has 2 rings (SSSR count). The van der Waals surface area contributed by atoms with Gasteiger partial charge >= 0.3 is 0 Å². The lowest BCUT2D eigenvalue weighted by Gasteiger charge is -2.34. The molecule has 6 nitrogen and oxygen atoms in total. The van der Waals surface area contributed by atoms with Gasteiger partial charge in [-0.3, -0.25) is 10.1 Å². The van der Waals surface area contributed by atoms with Gasteiger partial charge in [-0.05, 0) is 0 Å². The quantitative estimate of drug-likeness (QED) is 0.514. The zero-order chi connectivity index (χ0) is 10.8. The fourth-order valence-electron chi connectivity index (χ4n) is 1.30. The molecule has 0 aliphatic carbocycles. The molecule has 5 N–H and O–H groups in total. The van der Waals surface area contributed by atoms with Crippen molar-refractivity contribution >= 4 is 22.4 Å². The monoisotopic (exact) mass is 228 g/mol. The standard InChI is InChI=1S/C8H12N4O2S/c9-8-11-4(3-15-8)1-6(13)12-5-2-10-7(5)14/h3,5,7,10,14H,1-2H2,(H2,9,11)(H,12,13). The van der Waals surface area contributed by atoms with Crippen molar-refractivity contribution in [2.24, 2.45) is 0 Å². The maximum Gasteiger partial charge on any atom is 0.226 e. The molecule has 1 saturated heterocycles. The Morgan fingerprint density at radius 3 is 3.13 bits per heavy atom. The number of thiazole rings is 1. The predicted molar refractivity (Wildman–Crippen MR) is 56.2 cm³/mol. The number of nitrogen functional groups attached to an aromatic ring is 1. The summed E-state index contributed by atoms with van der Waals surface area (Å²) >= 11 is 1.31. The minimum absolute atomic E-state index is 0.147. The zero-order valence-electron chi connectivity index (χ0n) is 7.93. The average molecular weight is 228 g/mol. The zero-order valence-corrected chi connectivity index (χ0v) is 8.75. The SMILES string of the molecule is Nc1nc(CC(=O)NC2CNC2O)cs1. The number of amides is 1. The van der Waals surface area contributed by atoms with Crippen molar-refractivity contribution < 1.29 is 9.90 Å². The number of anilines is 1. The molecule has 7 heteroatoms. The number of rotatable bonds is 3. The summed E-state index contributed by atoms with van der Waals surface area (Å²) in [7, 11) is 0. The van der Waals surface area contributed by atoms with Crippen molar-refractivity contribution in [3.05, 3.63) is 11.1 Å². The molecule has 0 spiro atoms. The van der Waals surface area contributed by atoms with Crippen LogP contribution in [0.15, 0.2) is 5.38 Å². The van der Waals surface area contributed by atoms with Gasteiger partial charge in [0.1, 0.15) is 6.23 Å². The molecule has 0 bridgehead atoms. The molecular formula is C8H12N4O2S. The van der Waals surface area contributed by atoms with Crippen molar-refractivity contribution in [3.8, 4) is 0 Å². The largest absolute Gasteiger partial charge is 0.376 e. The van der Waals surface area contributed by atoms with E-state index in [4.69, 9.17) is 10.8 Å². The molecule has 2 atom stereocenters. The topological polar surface area (TPSA) is 100 Å². The Bertz CT molecular complexity index is 367. The molecule has 2 unspecified atom stereocenters. The molecule has 82 valence electrons. The maximum absolute atomic E-state index is 11.4. The van der Waals surface area contributed by atoms with Gasteiger partial charge in [0.15, 0.2) is 5.13 Å². The summed E-state index contributed by atoms with van der Waals surface area (Å²) in [4.78, 5) is 15.4. The normalized spacial score (nSPS) is 24.6. The number of carbonyl (C=O) groups excluding carboxylic acids is 1. The molecule has 1 fully saturated rings. The minimum atomic E-state index is -0.630. The van der Waals surface area contributed by atoms with Crippen LogP contribution in [0.3, 0.4) is 0 Å². The molecule has 1 amide bonds. The van der Waals surface area contributed by atoms with E-state index in [1.54, 1.807) is 5.38 Å². The van der Waals surface area contributed by atoms with E-state index < -0.39 is 6.23 Å². The van der Waals surface area contributed by atoms with Gasteiger partial charge in [0.2, 0.25) is 5.91 Å². The lowest BCUT2D eigenvalue weighted by molar-refractivity contribution is -0.123. The molecular weight excluding hydrogens is 216 g/mol. The van der Waals surface area contributed by atoms with Gasteiger partial charge < -0.3 is 16.2 Å². The third-order valence-electron chi connectivity index (χ3n) is 2.19. The summed E-state index contributed by atoms with van der Waals surface area (Å²) in [6, 6.07) is -0.187. The van der Waals surface area contributed by atoms with Crippen molar-refractivity contribution in [2.45, 2.75) is 18.7 Å². The number of carbonyl (C=O) groups is 1. The Labute approximate surface area is 90.5 Å². The lowest BCUT2D eigenvalue weighted by Crippen LogP contribution is -2.64. The fourth-order valence-corrected chi connectivity index (χ4v) is 1.86. The van der Waals surface area contributed by atoms with Gasteiger partial charge in [-0.25, -0.2) is 4.98 Å².